The highest BCUT2D eigenvalue weighted by molar-refractivity contribution is 5.68. The molecule has 1 heterocycles. The first-order chi connectivity index (χ1) is 14.1. The summed E-state index contributed by atoms with van der Waals surface area (Å²) in [6.45, 7) is 8.38. The molecule has 0 aromatic rings. The highest BCUT2D eigenvalue weighted by atomic mass is 16.7. The minimum absolute atomic E-state index is 0.0432. The van der Waals surface area contributed by atoms with Crippen LogP contribution in [0.5, 0.6) is 0 Å². The largest absolute Gasteiger partial charge is 0.463 e. The van der Waals surface area contributed by atoms with Crippen LogP contribution in [0, 0.1) is 0 Å². The Morgan fingerprint density at radius 1 is 0.833 bits per heavy atom. The molecule has 0 aromatic carbocycles. The van der Waals surface area contributed by atoms with E-state index in [9.17, 15) is 19.2 Å². The first kappa shape index (κ1) is 25.5. The first-order valence-corrected chi connectivity index (χ1v) is 9.26. The summed E-state index contributed by atoms with van der Waals surface area (Å²) in [5.74, 6) is -2.71. The van der Waals surface area contributed by atoms with Crippen molar-refractivity contribution in [3.63, 3.8) is 0 Å². The molecule has 0 radical (unpaired) electrons. The molecular formula is C19H28O11. The number of esters is 4. The summed E-state index contributed by atoms with van der Waals surface area (Å²) in [7, 11) is 0. The van der Waals surface area contributed by atoms with E-state index >= 15 is 0 Å². The Morgan fingerprint density at radius 3 is 1.93 bits per heavy atom. The van der Waals surface area contributed by atoms with Crippen LogP contribution < -0.4 is 0 Å². The van der Waals surface area contributed by atoms with Gasteiger partial charge in [0.05, 0.1) is 19.8 Å². The Kier molecular flexibility index (Phi) is 11.0. The number of ether oxygens (including phenoxy) is 7. The van der Waals surface area contributed by atoms with Crippen LogP contribution in [0.2, 0.25) is 0 Å². The molecule has 0 N–H and O–H groups in total. The third-order valence-corrected chi connectivity index (χ3v) is 3.69. The van der Waals surface area contributed by atoms with Crippen LogP contribution in [0.15, 0.2) is 12.7 Å². The molecule has 1 rings (SSSR count). The minimum atomic E-state index is -1.26. The Morgan fingerprint density at radius 2 is 1.40 bits per heavy atom. The molecule has 0 aromatic heterocycles. The van der Waals surface area contributed by atoms with Crippen LogP contribution >= 0.6 is 0 Å². The Balaban J connectivity index is 3.14. The normalized spacial score (nSPS) is 25.7. The number of rotatable bonds is 11. The third-order valence-electron chi connectivity index (χ3n) is 3.69. The molecule has 11 heteroatoms. The quantitative estimate of drug-likeness (QED) is 0.193. The molecule has 0 spiro atoms. The molecule has 1 fully saturated rings. The van der Waals surface area contributed by atoms with Crippen molar-refractivity contribution < 1.29 is 52.3 Å². The van der Waals surface area contributed by atoms with Gasteiger partial charge in [-0.2, -0.15) is 0 Å². The lowest BCUT2D eigenvalue weighted by Gasteiger charge is -2.44. The Hall–Kier alpha value is -2.50. The van der Waals surface area contributed by atoms with E-state index in [0.29, 0.717) is 6.61 Å². The lowest BCUT2D eigenvalue weighted by atomic mass is 9.98. The topological polar surface area (TPSA) is 133 Å². The van der Waals surface area contributed by atoms with Crippen LogP contribution in [0.4, 0.5) is 0 Å². The fourth-order valence-corrected chi connectivity index (χ4v) is 2.71. The van der Waals surface area contributed by atoms with Crippen LogP contribution in [0.3, 0.4) is 0 Å². The van der Waals surface area contributed by atoms with Gasteiger partial charge in [0, 0.05) is 27.7 Å². The van der Waals surface area contributed by atoms with Crippen molar-refractivity contribution in [1.82, 2.24) is 0 Å². The van der Waals surface area contributed by atoms with Crippen LogP contribution in [0.25, 0.3) is 0 Å². The van der Waals surface area contributed by atoms with Gasteiger partial charge in [0.1, 0.15) is 12.7 Å². The maximum absolute atomic E-state index is 11.7. The van der Waals surface area contributed by atoms with E-state index in [1.54, 1.807) is 6.08 Å². The van der Waals surface area contributed by atoms with E-state index in [4.69, 9.17) is 33.2 Å². The zero-order valence-electron chi connectivity index (χ0n) is 17.5. The number of hydrogen-bond acceptors (Lipinski definition) is 11. The minimum Gasteiger partial charge on any atom is -0.463 e. The SMILES string of the molecule is C=CCOCCO[C@H]1OC(COC(C)=O)[C@@H](OC(C)=O)[C@@H](OC(C)=O)C1OC(C)=O. The van der Waals surface area contributed by atoms with Gasteiger partial charge >= 0.3 is 23.9 Å². The lowest BCUT2D eigenvalue weighted by Crippen LogP contribution is -2.63. The number of carbonyl (C=O) groups is 4. The molecule has 1 aliphatic rings. The van der Waals surface area contributed by atoms with Crippen LogP contribution in [0.1, 0.15) is 27.7 Å². The van der Waals surface area contributed by atoms with Crippen molar-refractivity contribution in [3.05, 3.63) is 12.7 Å². The molecule has 5 atom stereocenters. The summed E-state index contributed by atoms with van der Waals surface area (Å²) >= 11 is 0. The second-order valence-corrected chi connectivity index (χ2v) is 6.30. The second-order valence-electron chi connectivity index (χ2n) is 6.30. The number of hydrogen-bond donors (Lipinski definition) is 0. The molecule has 0 amide bonds. The van der Waals surface area contributed by atoms with Gasteiger partial charge in [-0.15, -0.1) is 6.58 Å². The first-order valence-electron chi connectivity index (χ1n) is 9.26. The van der Waals surface area contributed by atoms with Gasteiger partial charge in [-0.05, 0) is 0 Å². The van der Waals surface area contributed by atoms with Crippen molar-refractivity contribution in [1.29, 1.82) is 0 Å². The van der Waals surface area contributed by atoms with Crippen LogP contribution in [-0.4, -0.2) is 81.0 Å². The molecule has 11 nitrogen and oxygen atoms in total. The maximum atomic E-state index is 11.7. The summed E-state index contributed by atoms with van der Waals surface area (Å²) in [5, 5.41) is 0. The van der Waals surface area contributed by atoms with Gasteiger partial charge in [-0.3, -0.25) is 19.2 Å². The summed E-state index contributed by atoms with van der Waals surface area (Å²) in [6, 6.07) is 0. The van der Waals surface area contributed by atoms with Gasteiger partial charge in [-0.1, -0.05) is 6.08 Å². The summed E-state index contributed by atoms with van der Waals surface area (Å²) in [4.78, 5) is 46.2. The van der Waals surface area contributed by atoms with E-state index in [-0.39, 0.29) is 19.8 Å². The average molecular weight is 432 g/mol. The molecule has 1 saturated heterocycles. The Labute approximate surface area is 174 Å². The maximum Gasteiger partial charge on any atom is 0.303 e. The van der Waals surface area contributed by atoms with Gasteiger partial charge in [0.15, 0.2) is 24.6 Å². The van der Waals surface area contributed by atoms with Gasteiger partial charge in [0.25, 0.3) is 0 Å². The van der Waals surface area contributed by atoms with E-state index in [1.165, 1.54) is 6.92 Å². The van der Waals surface area contributed by atoms with Crippen molar-refractivity contribution in [3.8, 4) is 0 Å². The zero-order chi connectivity index (χ0) is 22.7. The highest BCUT2D eigenvalue weighted by Crippen LogP contribution is 2.29. The van der Waals surface area contributed by atoms with Gasteiger partial charge in [0.2, 0.25) is 0 Å². The number of carbonyl (C=O) groups excluding carboxylic acids is 4. The van der Waals surface area contributed by atoms with Crippen molar-refractivity contribution in [2.75, 3.05) is 26.4 Å². The molecule has 2 unspecified atom stereocenters. The van der Waals surface area contributed by atoms with Crippen molar-refractivity contribution >= 4 is 23.9 Å². The molecule has 0 saturated carbocycles. The van der Waals surface area contributed by atoms with E-state index in [0.717, 1.165) is 20.8 Å². The Bertz CT molecular complexity index is 618. The fourth-order valence-electron chi connectivity index (χ4n) is 2.71. The smallest absolute Gasteiger partial charge is 0.303 e. The molecular weight excluding hydrogens is 404 g/mol. The highest BCUT2D eigenvalue weighted by Gasteiger charge is 2.52. The summed E-state index contributed by atoms with van der Waals surface area (Å²) < 4.78 is 37.4. The van der Waals surface area contributed by atoms with Gasteiger partial charge in [-0.25, -0.2) is 0 Å². The van der Waals surface area contributed by atoms with Gasteiger partial charge < -0.3 is 33.2 Å². The monoisotopic (exact) mass is 432 g/mol. The fraction of sp³-hybridized carbons (Fsp3) is 0.684. The van der Waals surface area contributed by atoms with Crippen molar-refractivity contribution in [2.24, 2.45) is 0 Å². The molecule has 1 aliphatic heterocycles. The third kappa shape index (κ3) is 8.89. The summed E-state index contributed by atoms with van der Waals surface area (Å²) in [6.07, 6.45) is -4.42. The predicted octanol–water partition coefficient (Wildman–Crippen LogP) is 0.289. The van der Waals surface area contributed by atoms with E-state index in [2.05, 4.69) is 6.58 Å². The molecule has 170 valence electrons. The predicted molar refractivity (Wildman–Crippen MR) is 98.9 cm³/mol. The van der Waals surface area contributed by atoms with Crippen molar-refractivity contribution in [2.45, 2.75) is 58.4 Å². The standard InChI is InChI=1S/C19H28O11/c1-6-7-24-8-9-25-19-18(29-14(5)23)17(28-13(4)22)16(27-12(3)21)15(30-19)10-26-11(2)20/h6,15-19H,1,7-10H2,2-5H3/t15?,16-,17-,18?,19+/m1/s1. The lowest BCUT2D eigenvalue weighted by molar-refractivity contribution is -0.309. The molecule has 0 bridgehead atoms. The average Bonchev–Trinajstić information content (AvgIpc) is 2.63. The van der Waals surface area contributed by atoms with E-state index < -0.39 is 54.6 Å². The summed E-state index contributed by atoms with van der Waals surface area (Å²) in [5.41, 5.74) is 0. The van der Waals surface area contributed by atoms with Crippen LogP contribution in [-0.2, 0) is 52.3 Å². The molecule has 30 heavy (non-hydrogen) atoms. The molecule has 0 aliphatic carbocycles. The van der Waals surface area contributed by atoms with E-state index in [1.807, 2.05) is 0 Å². The second kappa shape index (κ2) is 12.9. The zero-order valence-corrected chi connectivity index (χ0v) is 17.5.